The Labute approximate surface area is 29.6 Å². The van der Waals surface area contributed by atoms with Crippen LogP contribution in [0.3, 0.4) is 0 Å². The van der Waals surface area contributed by atoms with Crippen LogP contribution in [0.4, 0.5) is 0 Å². The average Bonchev–Trinajstić information content (AvgIpc) is 1.37. The van der Waals surface area contributed by atoms with E-state index in [1.807, 2.05) is 0 Å². The van der Waals surface area contributed by atoms with Gasteiger partial charge in [0, 0.05) is 0 Å². The minimum atomic E-state index is -0.0139. The van der Waals surface area contributed by atoms with Crippen LogP contribution in [0.5, 0.6) is 0 Å². The third-order valence-electron chi connectivity index (χ3n) is 0.0546. The number of halogens is 1. The van der Waals surface area contributed by atoms with Crippen molar-refractivity contribution in [1.29, 1.82) is 0 Å². The Hall–Kier alpha value is -1.04. The van der Waals surface area contributed by atoms with Gasteiger partial charge in [-0.2, -0.15) is 11.6 Å². The standard InChI is InChI=1S/C2H2ClO.Rf/c3-1-2-4;/h1H2;/q-1;. The van der Waals surface area contributed by atoms with Gasteiger partial charge in [0.25, 0.3) is 0 Å². The van der Waals surface area contributed by atoms with Crippen LogP contribution in [0.1, 0.15) is 0 Å². The second kappa shape index (κ2) is 12.3. The van der Waals surface area contributed by atoms with Crippen LogP contribution >= 0.6 is 11.6 Å². The molecule has 5 heavy (non-hydrogen) atoms. The van der Waals surface area contributed by atoms with Gasteiger partial charge in [-0.3, -0.25) is 0 Å². The number of rotatable bonds is 1. The summed E-state index contributed by atoms with van der Waals surface area (Å²) in [7, 11) is 0. The van der Waals surface area contributed by atoms with E-state index < -0.39 is 0 Å². The molecule has 0 aromatic rings. The Bertz CT molecular complexity index is 23.6. The van der Waals surface area contributed by atoms with Crippen molar-refractivity contribution in [2.75, 3.05) is 5.88 Å². The van der Waals surface area contributed by atoms with E-state index in [9.17, 15) is 0 Å². The quantitative estimate of drug-likeness (QED) is 0.495. The maximum Gasteiger partial charge on any atom is 0 e. The minimum absolute atomic E-state index is 0. The molecule has 0 bridgehead atoms. The minimum Gasteiger partial charge on any atom is -0.541 e. The molecule has 0 spiro atoms. The van der Waals surface area contributed by atoms with E-state index in [1.165, 1.54) is 6.29 Å². The summed E-state index contributed by atoms with van der Waals surface area (Å²) >= 11 is 4.76. The van der Waals surface area contributed by atoms with Crippen molar-refractivity contribution in [3.8, 4) is 0 Å². The second-order valence-corrected chi connectivity index (χ2v) is 0.545. The molecular formula is C2H2ClORf-. The molecular weight excluding hydrogens is 342 g/mol. The molecule has 0 atom stereocenters. The van der Waals surface area contributed by atoms with Crippen LogP contribution in [0.25, 0.3) is 0 Å². The Balaban J connectivity index is 0. The Morgan fingerprint density at radius 1 is 1.80 bits per heavy atom. The largest absolute Gasteiger partial charge is 0.541 e. The Morgan fingerprint density at radius 3 is 2.00 bits per heavy atom. The van der Waals surface area contributed by atoms with Gasteiger partial charge in [0.2, 0.25) is 0 Å². The molecule has 0 fully saturated rings. The van der Waals surface area contributed by atoms with Crippen molar-refractivity contribution in [1.82, 2.24) is 0 Å². The van der Waals surface area contributed by atoms with Crippen LogP contribution in [-0.4, -0.2) is 12.2 Å². The summed E-state index contributed by atoms with van der Waals surface area (Å²) in [5.41, 5.74) is 0. The summed E-state index contributed by atoms with van der Waals surface area (Å²) in [6.07, 6.45) is 1.45. The first-order valence-electron chi connectivity index (χ1n) is 0.825. The topological polar surface area (TPSA) is 17.1 Å². The van der Waals surface area contributed by atoms with Crippen LogP contribution in [-0.2, 0) is 4.79 Å². The molecule has 0 aliphatic heterocycles. The molecule has 3 heteroatoms. The normalized spacial score (nSPS) is 5.00. The van der Waals surface area contributed by atoms with Gasteiger partial charge in [0.05, 0.1) is 0 Å². The Morgan fingerprint density at radius 2 is 2.00 bits per heavy atom. The summed E-state index contributed by atoms with van der Waals surface area (Å²) in [5, 5.41) is 0. The zero-order valence-electron chi connectivity index (χ0n) is 2.70. The van der Waals surface area contributed by atoms with E-state index in [-0.39, 0.29) is 5.88 Å². The smallest absolute Gasteiger partial charge is 0 e. The van der Waals surface area contributed by atoms with E-state index in [1.54, 1.807) is 0 Å². The summed E-state index contributed by atoms with van der Waals surface area (Å²) in [6, 6.07) is 0. The van der Waals surface area contributed by atoms with Gasteiger partial charge in [0.1, 0.15) is 0 Å². The number of carbonyl (C=O) groups excluding carboxylic acids is 1. The zero-order chi connectivity index (χ0) is 3.41. The fourth-order valence-corrected chi connectivity index (χ4v) is 0. The average molecular weight is 344 g/mol. The van der Waals surface area contributed by atoms with Crippen LogP contribution in [0, 0.1) is 0 Å². The maximum absolute atomic E-state index is 8.92. The van der Waals surface area contributed by atoms with Crippen molar-refractivity contribution < 1.29 is 4.79 Å². The molecule has 0 aliphatic rings. The first-order chi connectivity index (χ1) is 1.91. The zero-order valence-corrected chi connectivity index (χ0v) is 9.86. The molecule has 0 saturated heterocycles. The third kappa shape index (κ3) is 1700. The van der Waals surface area contributed by atoms with Crippen molar-refractivity contribution in [2.45, 2.75) is 0 Å². The van der Waals surface area contributed by atoms with E-state index in [0.29, 0.717) is 0 Å². The molecule has 0 radical (unpaired) electrons. The first kappa shape index (κ1) is 9.03. The number of hydrogen-bond donors (Lipinski definition) is 0. The molecule has 0 saturated carbocycles. The van der Waals surface area contributed by atoms with Crippen molar-refractivity contribution in [2.24, 2.45) is 0 Å². The van der Waals surface area contributed by atoms with E-state index in [2.05, 4.69) is 0 Å². The van der Waals surface area contributed by atoms with Crippen molar-refractivity contribution in [3.63, 3.8) is 0 Å². The summed E-state index contributed by atoms with van der Waals surface area (Å²) < 4.78 is 0. The van der Waals surface area contributed by atoms with E-state index >= 15 is 0 Å². The summed E-state index contributed by atoms with van der Waals surface area (Å²) in [5.74, 6) is -0.0139. The van der Waals surface area contributed by atoms with Crippen molar-refractivity contribution in [3.05, 3.63) is 0 Å². The van der Waals surface area contributed by atoms with Gasteiger partial charge in [0.15, 0.2) is 0 Å². The van der Waals surface area contributed by atoms with Gasteiger partial charge in [-0.05, 0) is 0 Å². The number of hydrogen-bond acceptors (Lipinski definition) is 1. The van der Waals surface area contributed by atoms with Gasteiger partial charge in [-0.15, -0.1) is 0 Å². The summed E-state index contributed by atoms with van der Waals surface area (Å²) in [4.78, 5) is 8.92. The van der Waals surface area contributed by atoms with Gasteiger partial charge in [-0.1, -0.05) is 5.88 Å². The molecule has 0 aliphatic carbocycles. The number of alkyl halides is 1. The van der Waals surface area contributed by atoms with E-state index in [0.717, 1.165) is 0 Å². The predicted octanol–water partition coefficient (Wildman–Crippen LogP) is 0.335. The molecule has 0 unspecified atom stereocenters. The molecule has 1 nitrogen and oxygen atoms in total. The fourth-order valence-electron chi connectivity index (χ4n) is 0. The van der Waals surface area contributed by atoms with Crippen LogP contribution < -0.4 is 0 Å². The molecule has 0 heterocycles. The molecule has 0 aromatic heterocycles. The van der Waals surface area contributed by atoms with Crippen LogP contribution in [0.2, 0.25) is 0 Å². The van der Waals surface area contributed by atoms with Gasteiger partial charge >= 0.3 is 0 Å². The van der Waals surface area contributed by atoms with E-state index in [4.69, 9.17) is 16.4 Å². The molecule has 0 N–H and O–H groups in total. The SMILES string of the molecule is O=[C-]CCl.[Rf]. The molecule has 0 rings (SSSR count). The Kier molecular flexibility index (Phi) is 22.3. The summed E-state index contributed by atoms with van der Waals surface area (Å²) in [6.45, 7) is 0. The molecule has 26 valence electrons. The predicted molar refractivity (Wildman–Crippen MR) is 16.4 cm³/mol. The van der Waals surface area contributed by atoms with Crippen LogP contribution in [0.15, 0.2) is 0 Å². The second-order valence-electron chi connectivity index (χ2n) is 0.278. The fraction of sp³-hybridized carbons (Fsp3) is 0.500. The monoisotopic (exact) mass is 344 g/mol. The first-order valence-corrected chi connectivity index (χ1v) is 1.36. The molecule has 0 aromatic carbocycles. The van der Waals surface area contributed by atoms with Gasteiger partial charge < -0.3 is 4.79 Å². The molecule has 0 amide bonds. The maximum atomic E-state index is 8.92. The third-order valence-corrected chi connectivity index (χ3v) is 0.164. The van der Waals surface area contributed by atoms with Gasteiger partial charge in [-0.25, -0.2) is 6.29 Å². The van der Waals surface area contributed by atoms with Crippen molar-refractivity contribution >= 4 is 17.9 Å².